The van der Waals surface area contributed by atoms with Gasteiger partial charge in [-0.2, -0.15) is 4.72 Å². The molecule has 1 aromatic carbocycles. The van der Waals surface area contributed by atoms with Crippen molar-refractivity contribution < 1.29 is 23.1 Å². The van der Waals surface area contributed by atoms with E-state index in [2.05, 4.69) is 10.0 Å². The number of sulfonamides is 1. The molecule has 24 heavy (non-hydrogen) atoms. The van der Waals surface area contributed by atoms with E-state index in [1.54, 1.807) is 25.1 Å². The molecule has 0 radical (unpaired) electrons. The Labute approximate surface area is 143 Å². The summed E-state index contributed by atoms with van der Waals surface area (Å²) in [6.45, 7) is 2.17. The van der Waals surface area contributed by atoms with Crippen LogP contribution in [0.2, 0.25) is 0 Å². The van der Waals surface area contributed by atoms with E-state index in [4.69, 9.17) is 0 Å². The fraction of sp³-hybridized carbons (Fsp3) is 0.200. The van der Waals surface area contributed by atoms with Gasteiger partial charge in [0, 0.05) is 11.9 Å². The van der Waals surface area contributed by atoms with Crippen molar-refractivity contribution >= 4 is 33.2 Å². The lowest BCUT2D eigenvalue weighted by Crippen LogP contribution is -2.33. The van der Waals surface area contributed by atoms with Gasteiger partial charge in [0.1, 0.15) is 6.04 Å². The van der Waals surface area contributed by atoms with Gasteiger partial charge in [0.05, 0.1) is 9.77 Å². The summed E-state index contributed by atoms with van der Waals surface area (Å²) >= 11 is 0.977. The lowest BCUT2D eigenvalue weighted by Gasteiger charge is -2.14. The molecule has 2 rings (SSSR count). The number of carboxylic acid groups (broad SMARTS) is 1. The van der Waals surface area contributed by atoms with Gasteiger partial charge >= 0.3 is 5.97 Å². The predicted molar refractivity (Wildman–Crippen MR) is 89.5 cm³/mol. The summed E-state index contributed by atoms with van der Waals surface area (Å²) in [5, 5.41) is 13.2. The molecule has 0 spiro atoms. The number of amides is 1. The first-order valence-corrected chi connectivity index (χ1v) is 9.38. The van der Waals surface area contributed by atoms with E-state index in [0.29, 0.717) is 12.1 Å². The second-order valence-electron chi connectivity index (χ2n) is 4.81. The Kier molecular flexibility index (Phi) is 5.71. The van der Waals surface area contributed by atoms with Gasteiger partial charge in [-0.05, 0) is 18.6 Å². The van der Waals surface area contributed by atoms with E-state index >= 15 is 0 Å². The maximum absolute atomic E-state index is 12.4. The highest BCUT2D eigenvalue weighted by atomic mass is 32.2. The van der Waals surface area contributed by atoms with Crippen LogP contribution in [0.25, 0.3) is 0 Å². The van der Waals surface area contributed by atoms with E-state index in [-0.39, 0.29) is 15.7 Å². The molecule has 0 aliphatic carbocycles. The van der Waals surface area contributed by atoms with E-state index in [1.807, 2.05) is 0 Å². The van der Waals surface area contributed by atoms with Crippen LogP contribution in [0.5, 0.6) is 0 Å². The van der Waals surface area contributed by atoms with Gasteiger partial charge < -0.3 is 10.4 Å². The van der Waals surface area contributed by atoms with E-state index in [9.17, 15) is 23.1 Å². The monoisotopic (exact) mass is 368 g/mol. The van der Waals surface area contributed by atoms with Gasteiger partial charge in [0.15, 0.2) is 0 Å². The summed E-state index contributed by atoms with van der Waals surface area (Å²) in [5.74, 6) is -1.69. The summed E-state index contributed by atoms with van der Waals surface area (Å²) < 4.78 is 27.0. The van der Waals surface area contributed by atoms with Gasteiger partial charge in [-0.1, -0.05) is 30.3 Å². The first kappa shape index (κ1) is 18.1. The third kappa shape index (κ3) is 4.19. The van der Waals surface area contributed by atoms with Crippen LogP contribution in [0.4, 0.5) is 0 Å². The van der Waals surface area contributed by atoms with Crippen LogP contribution in [-0.4, -0.2) is 31.9 Å². The highest BCUT2D eigenvalue weighted by Gasteiger charge is 2.28. The van der Waals surface area contributed by atoms with Crippen LogP contribution in [-0.2, 0) is 14.8 Å². The fourth-order valence-electron chi connectivity index (χ4n) is 1.96. The molecule has 2 aromatic rings. The molecule has 1 amide bonds. The number of hydrogen-bond donors (Lipinski definition) is 3. The maximum Gasteiger partial charge on any atom is 0.326 e. The Balaban J connectivity index is 2.26. The maximum atomic E-state index is 12.4. The summed E-state index contributed by atoms with van der Waals surface area (Å²) in [6, 6.07) is 7.80. The zero-order chi connectivity index (χ0) is 17.7. The Hall–Kier alpha value is -2.23. The van der Waals surface area contributed by atoms with Crippen LogP contribution in [0.3, 0.4) is 0 Å². The molecule has 1 atom stereocenters. The Morgan fingerprint density at radius 1 is 1.25 bits per heavy atom. The number of nitrogens with one attached hydrogen (secondary N) is 2. The number of thiophene rings is 1. The van der Waals surface area contributed by atoms with Crippen molar-refractivity contribution in [3.05, 3.63) is 52.2 Å². The van der Waals surface area contributed by atoms with Gasteiger partial charge in [0.2, 0.25) is 10.0 Å². The Morgan fingerprint density at radius 2 is 1.92 bits per heavy atom. The number of hydrogen-bond acceptors (Lipinski definition) is 5. The number of rotatable bonds is 7. The molecule has 3 N–H and O–H groups in total. The van der Waals surface area contributed by atoms with Crippen LogP contribution in [0, 0.1) is 0 Å². The number of aliphatic carboxylic acids is 1. The molecular formula is C15H16N2O5S2. The molecule has 0 fully saturated rings. The van der Waals surface area contributed by atoms with E-state index in [1.165, 1.54) is 23.6 Å². The van der Waals surface area contributed by atoms with Gasteiger partial charge in [-0.15, -0.1) is 11.3 Å². The summed E-state index contributed by atoms with van der Waals surface area (Å²) in [6.07, 6.45) is 0. The zero-order valence-corrected chi connectivity index (χ0v) is 14.4. The molecular weight excluding hydrogens is 352 g/mol. The third-order valence-corrected chi connectivity index (χ3v) is 5.58. The predicted octanol–water partition coefficient (Wildman–Crippen LogP) is 1.60. The normalized spacial score (nSPS) is 12.5. The standard InChI is InChI=1S/C15H16N2O5S2/c1-2-16-14(18)12-8-11(9-23-12)24(21,22)17-13(15(19)20)10-6-4-3-5-7-10/h3-9,13,17H,2H2,1H3,(H,16,18)(H,19,20)/t13-/m1/s1. The quantitative estimate of drug-likeness (QED) is 0.687. The molecule has 0 unspecified atom stereocenters. The minimum atomic E-state index is -4.08. The number of carbonyl (C=O) groups is 2. The van der Waals surface area contributed by atoms with Crippen LogP contribution >= 0.6 is 11.3 Å². The number of carboxylic acids is 1. The fourth-order valence-corrected chi connectivity index (χ4v) is 4.32. The SMILES string of the molecule is CCNC(=O)c1cc(S(=O)(=O)N[C@@H](C(=O)O)c2ccccc2)cs1. The molecule has 1 aromatic heterocycles. The molecule has 0 aliphatic heterocycles. The first-order valence-electron chi connectivity index (χ1n) is 7.02. The smallest absolute Gasteiger partial charge is 0.326 e. The highest BCUT2D eigenvalue weighted by Crippen LogP contribution is 2.22. The van der Waals surface area contributed by atoms with Gasteiger partial charge in [-0.25, -0.2) is 8.42 Å². The molecule has 0 saturated carbocycles. The molecule has 0 aliphatic rings. The largest absolute Gasteiger partial charge is 0.480 e. The second kappa shape index (κ2) is 7.56. The van der Waals surface area contributed by atoms with Crippen LogP contribution in [0.1, 0.15) is 28.2 Å². The summed E-state index contributed by atoms with van der Waals surface area (Å²) in [7, 11) is -4.08. The van der Waals surface area contributed by atoms with Crippen molar-refractivity contribution in [2.75, 3.05) is 6.54 Å². The average Bonchev–Trinajstić information content (AvgIpc) is 3.04. The van der Waals surface area contributed by atoms with Crippen molar-refractivity contribution in [2.24, 2.45) is 0 Å². The molecule has 7 nitrogen and oxygen atoms in total. The molecule has 0 bridgehead atoms. The minimum absolute atomic E-state index is 0.143. The molecule has 0 saturated heterocycles. The van der Waals surface area contributed by atoms with Crippen LogP contribution in [0.15, 0.2) is 46.7 Å². The molecule has 128 valence electrons. The third-order valence-electron chi connectivity index (χ3n) is 3.10. The number of carbonyl (C=O) groups excluding carboxylic acids is 1. The van der Waals surface area contributed by atoms with Gasteiger partial charge in [0.25, 0.3) is 5.91 Å². The number of benzene rings is 1. The lowest BCUT2D eigenvalue weighted by atomic mass is 10.1. The van der Waals surface area contributed by atoms with Crippen molar-refractivity contribution in [3.8, 4) is 0 Å². The summed E-state index contributed by atoms with van der Waals surface area (Å²) in [5.41, 5.74) is 0.313. The Morgan fingerprint density at radius 3 is 2.50 bits per heavy atom. The molecule has 9 heteroatoms. The van der Waals surface area contributed by atoms with Crippen molar-refractivity contribution in [3.63, 3.8) is 0 Å². The highest BCUT2D eigenvalue weighted by molar-refractivity contribution is 7.89. The summed E-state index contributed by atoms with van der Waals surface area (Å²) in [4.78, 5) is 23.2. The first-order chi connectivity index (χ1) is 11.3. The van der Waals surface area contributed by atoms with Crippen LogP contribution < -0.4 is 10.0 Å². The Bertz CT molecular complexity index is 831. The average molecular weight is 368 g/mol. The topological polar surface area (TPSA) is 113 Å². The zero-order valence-electron chi connectivity index (χ0n) is 12.7. The van der Waals surface area contributed by atoms with Crippen molar-refractivity contribution in [1.82, 2.24) is 10.0 Å². The van der Waals surface area contributed by atoms with Gasteiger partial charge in [-0.3, -0.25) is 9.59 Å². The minimum Gasteiger partial charge on any atom is -0.480 e. The second-order valence-corrected chi connectivity index (χ2v) is 7.43. The lowest BCUT2D eigenvalue weighted by molar-refractivity contribution is -0.139. The molecule has 1 heterocycles. The van der Waals surface area contributed by atoms with Crippen molar-refractivity contribution in [1.29, 1.82) is 0 Å². The van der Waals surface area contributed by atoms with E-state index in [0.717, 1.165) is 11.3 Å². The van der Waals surface area contributed by atoms with E-state index < -0.39 is 22.0 Å². The van der Waals surface area contributed by atoms with Crippen molar-refractivity contribution in [2.45, 2.75) is 17.9 Å².